The Balaban J connectivity index is 0.000000313. The summed E-state index contributed by atoms with van der Waals surface area (Å²) < 4.78 is 0. The molecule has 0 saturated carbocycles. The van der Waals surface area contributed by atoms with E-state index in [9.17, 15) is 4.79 Å². The molecule has 3 aromatic carbocycles. The minimum absolute atomic E-state index is 0. The summed E-state index contributed by atoms with van der Waals surface area (Å²) in [6.45, 7) is 2.02. The Morgan fingerprint density at radius 2 is 1.57 bits per heavy atom. The van der Waals surface area contributed by atoms with Gasteiger partial charge in [-0.3, -0.25) is 0 Å². The second kappa shape index (κ2) is 8.94. The molecule has 3 aromatic rings. The molecular formula is C19H16FeO. The maximum Gasteiger partial charge on any atom is 2.00 e. The molecule has 0 heterocycles. The van der Waals surface area contributed by atoms with Crippen molar-refractivity contribution >= 4 is 11.5 Å². The molecule has 1 nitrogen and oxygen atoms in total. The van der Waals surface area contributed by atoms with Crippen LogP contribution < -0.4 is 0 Å². The molecule has 106 valence electrons. The van der Waals surface area contributed by atoms with Crippen molar-refractivity contribution in [3.8, 4) is 0 Å². The van der Waals surface area contributed by atoms with Crippen molar-refractivity contribution < 1.29 is 21.9 Å². The molecule has 0 radical (unpaired) electrons. The molecule has 0 saturated heterocycles. The first-order valence-corrected chi connectivity index (χ1v) is 6.52. The first kappa shape index (κ1) is 16.9. The molecule has 0 bridgehead atoms. The maximum absolute atomic E-state index is 10.9. The third-order valence-electron chi connectivity index (χ3n) is 2.95. The van der Waals surface area contributed by atoms with Gasteiger partial charge in [-0.15, -0.1) is 0 Å². The Kier molecular flexibility index (Phi) is 7.21. The van der Waals surface area contributed by atoms with Crippen molar-refractivity contribution in [2.45, 2.75) is 6.92 Å². The minimum Gasteiger partial charge on any atom is -0.234 e. The molecule has 0 aliphatic heterocycles. The minimum atomic E-state index is 0. The fraction of sp³-hybridized carbons (Fsp3) is 0.0526. The maximum atomic E-state index is 10.9. The third-order valence-corrected chi connectivity index (χ3v) is 2.95. The summed E-state index contributed by atoms with van der Waals surface area (Å²) in [5.74, 6) is 2.01. The number of rotatable bonds is 2. The van der Waals surface area contributed by atoms with E-state index in [0.29, 0.717) is 5.57 Å². The van der Waals surface area contributed by atoms with E-state index in [-0.39, 0.29) is 17.1 Å². The normalized spacial score (nSPS) is 8.81. The second-order valence-corrected chi connectivity index (χ2v) is 4.48. The SMILES string of the molecule is Cc1ccc(C(=C=O)c2cc[cH-]c2)cc1.[Fe+2].c1cc[cH-]c1. The van der Waals surface area contributed by atoms with Gasteiger partial charge in [0.1, 0.15) is 5.94 Å². The summed E-state index contributed by atoms with van der Waals surface area (Å²) in [4.78, 5) is 10.9. The predicted molar refractivity (Wildman–Crippen MR) is 83.5 cm³/mol. The number of carbonyl (C=O) groups excluding carboxylic acids is 1. The van der Waals surface area contributed by atoms with Gasteiger partial charge in [-0.25, -0.2) is 23.0 Å². The monoisotopic (exact) mass is 316 g/mol. The van der Waals surface area contributed by atoms with Crippen LogP contribution in [0.4, 0.5) is 0 Å². The Morgan fingerprint density at radius 1 is 0.905 bits per heavy atom. The van der Waals surface area contributed by atoms with Gasteiger partial charge in [-0.05, 0) is 12.5 Å². The third kappa shape index (κ3) is 5.06. The van der Waals surface area contributed by atoms with Crippen LogP contribution >= 0.6 is 0 Å². The molecule has 2 heteroatoms. The predicted octanol–water partition coefficient (Wildman–Crippen LogP) is 4.38. The molecule has 3 rings (SSSR count). The van der Waals surface area contributed by atoms with Crippen molar-refractivity contribution in [1.29, 1.82) is 0 Å². The van der Waals surface area contributed by atoms with E-state index in [2.05, 4.69) is 0 Å². The van der Waals surface area contributed by atoms with Gasteiger partial charge in [0, 0.05) is 5.57 Å². The van der Waals surface area contributed by atoms with Crippen LogP contribution in [0.15, 0.2) is 78.9 Å². The first-order valence-electron chi connectivity index (χ1n) is 6.52. The summed E-state index contributed by atoms with van der Waals surface area (Å²) >= 11 is 0. The van der Waals surface area contributed by atoms with Crippen LogP contribution in [0.5, 0.6) is 0 Å². The fourth-order valence-electron chi connectivity index (χ4n) is 1.87. The summed E-state index contributed by atoms with van der Waals surface area (Å²) in [7, 11) is 0. The Hall–Kier alpha value is -2.11. The van der Waals surface area contributed by atoms with E-state index in [1.54, 1.807) is 0 Å². The fourth-order valence-corrected chi connectivity index (χ4v) is 1.87. The van der Waals surface area contributed by atoms with Gasteiger partial charge in [0.15, 0.2) is 0 Å². The smallest absolute Gasteiger partial charge is 0.234 e. The molecular weight excluding hydrogens is 300 g/mol. The van der Waals surface area contributed by atoms with Crippen molar-refractivity contribution in [1.82, 2.24) is 0 Å². The zero-order valence-electron chi connectivity index (χ0n) is 11.8. The molecule has 0 aromatic heterocycles. The van der Waals surface area contributed by atoms with Crippen molar-refractivity contribution in [2.24, 2.45) is 0 Å². The summed E-state index contributed by atoms with van der Waals surface area (Å²) in [6, 6.07) is 25.6. The number of hydrogen-bond donors (Lipinski definition) is 0. The molecule has 0 spiro atoms. The van der Waals surface area contributed by atoms with E-state index in [4.69, 9.17) is 0 Å². The van der Waals surface area contributed by atoms with Gasteiger partial charge in [0.2, 0.25) is 0 Å². The van der Waals surface area contributed by atoms with E-state index in [0.717, 1.165) is 11.1 Å². The van der Waals surface area contributed by atoms with Gasteiger partial charge in [-0.2, -0.15) is 42.0 Å². The number of hydrogen-bond acceptors (Lipinski definition) is 1. The van der Waals surface area contributed by atoms with E-state index in [1.807, 2.05) is 91.7 Å². The first-order chi connectivity index (χ1) is 9.81. The molecule has 0 fully saturated rings. The molecule has 0 N–H and O–H groups in total. The molecule has 0 aliphatic carbocycles. The number of benzene rings is 1. The average Bonchev–Trinajstić information content (AvgIpc) is 3.17. The van der Waals surface area contributed by atoms with E-state index < -0.39 is 0 Å². The summed E-state index contributed by atoms with van der Waals surface area (Å²) in [5, 5.41) is 0. The topological polar surface area (TPSA) is 17.1 Å². The largest absolute Gasteiger partial charge is 2.00 e. The zero-order chi connectivity index (χ0) is 14.2. The molecule has 0 atom stereocenters. The molecule has 0 amide bonds. The standard InChI is InChI=1S/C14H11O.C5H5.Fe/c1-11-6-8-13(9-7-11)14(10-15)12-4-2-3-5-12;1-2-4-5-3-1;/h2-9H,1H3;1-5H;/q2*-1;+2. The Bertz CT molecular complexity index is 638. The second-order valence-electron chi connectivity index (χ2n) is 4.48. The molecule has 0 unspecified atom stereocenters. The average molecular weight is 316 g/mol. The van der Waals surface area contributed by atoms with Gasteiger partial charge < -0.3 is 0 Å². The van der Waals surface area contributed by atoms with Crippen LogP contribution in [-0.4, -0.2) is 5.94 Å². The molecule has 21 heavy (non-hydrogen) atoms. The Morgan fingerprint density at radius 3 is 2.00 bits per heavy atom. The summed E-state index contributed by atoms with van der Waals surface area (Å²) in [6.07, 6.45) is 0. The van der Waals surface area contributed by atoms with Gasteiger partial charge in [-0.1, -0.05) is 29.8 Å². The van der Waals surface area contributed by atoms with Crippen LogP contribution in [0.1, 0.15) is 16.7 Å². The zero-order valence-corrected chi connectivity index (χ0v) is 12.9. The van der Waals surface area contributed by atoms with Crippen molar-refractivity contribution in [2.75, 3.05) is 0 Å². The van der Waals surface area contributed by atoms with Gasteiger partial charge >= 0.3 is 17.1 Å². The van der Waals surface area contributed by atoms with Crippen molar-refractivity contribution in [3.63, 3.8) is 0 Å². The van der Waals surface area contributed by atoms with Crippen LogP contribution in [0.25, 0.3) is 5.57 Å². The van der Waals surface area contributed by atoms with Gasteiger partial charge in [0.25, 0.3) is 0 Å². The van der Waals surface area contributed by atoms with Crippen molar-refractivity contribution in [3.05, 3.63) is 95.6 Å². The van der Waals surface area contributed by atoms with Crippen LogP contribution in [0.3, 0.4) is 0 Å². The summed E-state index contributed by atoms with van der Waals surface area (Å²) in [5.41, 5.74) is 3.65. The number of aryl methyl sites for hydroxylation is 1. The van der Waals surface area contributed by atoms with Gasteiger partial charge in [0.05, 0.1) is 0 Å². The molecule has 0 aliphatic rings. The van der Waals surface area contributed by atoms with Crippen LogP contribution in [-0.2, 0) is 21.9 Å². The quantitative estimate of drug-likeness (QED) is 0.389. The Labute approximate surface area is 136 Å². The van der Waals surface area contributed by atoms with Crippen LogP contribution in [0, 0.1) is 6.92 Å². The van der Waals surface area contributed by atoms with E-state index >= 15 is 0 Å². The van der Waals surface area contributed by atoms with E-state index in [1.165, 1.54) is 5.56 Å². The van der Waals surface area contributed by atoms with Crippen LogP contribution in [0.2, 0.25) is 0 Å².